The fraction of sp³-hybridized carbons (Fsp3) is 0.259. The number of fused-ring (bicyclic) bond motifs is 1. The summed E-state index contributed by atoms with van der Waals surface area (Å²) in [5, 5.41) is 7.66. The van der Waals surface area contributed by atoms with Crippen LogP contribution in [-0.4, -0.2) is 37.7 Å². The molecule has 1 aliphatic carbocycles. The van der Waals surface area contributed by atoms with Crippen LogP contribution in [0.2, 0.25) is 10.0 Å². The Morgan fingerprint density at radius 3 is 2.58 bits per heavy atom. The lowest BCUT2D eigenvalue weighted by atomic mass is 10.1. The molecule has 0 unspecified atom stereocenters. The zero-order chi connectivity index (χ0) is 28.8. The number of anilines is 1. The van der Waals surface area contributed by atoms with Crippen molar-refractivity contribution in [1.29, 1.82) is 0 Å². The molecule has 9 nitrogen and oxygen atoms in total. The predicted octanol–water partition coefficient (Wildman–Crippen LogP) is 6.16. The Hall–Kier alpha value is -3.12. The van der Waals surface area contributed by atoms with E-state index in [1.807, 2.05) is 6.92 Å². The molecule has 0 spiro atoms. The SMILES string of the molecule is CCOc1cc(C=NNC(=O)C(=O)Nc2sc3c(c2C(=O)OC)CCC3)cc(Br)c1OCc1c(Cl)cccc1Cl. The first-order chi connectivity index (χ1) is 19.2. The van der Waals surface area contributed by atoms with E-state index < -0.39 is 17.8 Å². The fourth-order valence-electron chi connectivity index (χ4n) is 4.07. The van der Waals surface area contributed by atoms with Gasteiger partial charge in [-0.05, 0) is 77.5 Å². The number of rotatable bonds is 9. The average molecular weight is 669 g/mol. The summed E-state index contributed by atoms with van der Waals surface area (Å²) in [6.45, 7) is 2.31. The number of thiophene rings is 1. The molecule has 0 atom stereocenters. The highest BCUT2D eigenvalue weighted by Crippen LogP contribution is 2.40. The van der Waals surface area contributed by atoms with E-state index in [9.17, 15) is 14.4 Å². The molecule has 2 aromatic carbocycles. The van der Waals surface area contributed by atoms with Gasteiger partial charge in [-0.15, -0.1) is 11.3 Å². The lowest BCUT2D eigenvalue weighted by Gasteiger charge is -2.15. The number of halogens is 3. The van der Waals surface area contributed by atoms with Gasteiger partial charge >= 0.3 is 17.8 Å². The summed E-state index contributed by atoms with van der Waals surface area (Å²) in [5.74, 6) is -1.65. The van der Waals surface area contributed by atoms with Crippen LogP contribution in [0, 0.1) is 0 Å². The van der Waals surface area contributed by atoms with Crippen LogP contribution in [0.4, 0.5) is 5.00 Å². The van der Waals surface area contributed by atoms with E-state index in [0.717, 1.165) is 29.7 Å². The Morgan fingerprint density at radius 2 is 1.88 bits per heavy atom. The normalized spacial score (nSPS) is 12.2. The highest BCUT2D eigenvalue weighted by atomic mass is 79.9. The first kappa shape index (κ1) is 29.9. The van der Waals surface area contributed by atoms with E-state index >= 15 is 0 Å². The standard InChI is InChI=1S/C27H24BrCl2N3O6S/c1-3-38-20-11-14(10-17(28)23(20)39-13-16-18(29)7-5-8-19(16)30)12-31-33-25(35)24(34)32-26-22(27(36)37-2)15-6-4-9-21(15)40-26/h5,7-8,10-12H,3-4,6,9,13H2,1-2H3,(H,32,34)(H,33,35). The third kappa shape index (κ3) is 6.77. The maximum atomic E-state index is 12.5. The summed E-state index contributed by atoms with van der Waals surface area (Å²) in [7, 11) is 1.27. The highest BCUT2D eigenvalue weighted by molar-refractivity contribution is 9.10. The van der Waals surface area contributed by atoms with Crippen molar-refractivity contribution in [2.75, 3.05) is 19.0 Å². The number of amides is 2. The van der Waals surface area contributed by atoms with Crippen molar-refractivity contribution >= 4 is 79.5 Å². The molecule has 1 aromatic heterocycles. The van der Waals surface area contributed by atoms with Crippen molar-refractivity contribution in [1.82, 2.24) is 5.43 Å². The number of nitrogens with zero attached hydrogens (tertiary/aromatic N) is 1. The number of hydrogen-bond acceptors (Lipinski definition) is 8. The zero-order valence-electron chi connectivity index (χ0n) is 21.4. The number of benzene rings is 2. The van der Waals surface area contributed by atoms with Crippen molar-refractivity contribution in [2.45, 2.75) is 32.8 Å². The van der Waals surface area contributed by atoms with Gasteiger partial charge in [0.05, 0.1) is 30.0 Å². The number of carbonyl (C=O) groups is 3. The van der Waals surface area contributed by atoms with E-state index in [0.29, 0.717) is 54.3 Å². The third-order valence-corrected chi connectivity index (χ3v) is 8.38. The molecule has 2 N–H and O–H groups in total. The molecule has 0 saturated heterocycles. The number of aryl methyl sites for hydroxylation is 1. The monoisotopic (exact) mass is 667 g/mol. The van der Waals surface area contributed by atoms with E-state index in [1.54, 1.807) is 30.3 Å². The Labute approximate surface area is 252 Å². The second-order valence-corrected chi connectivity index (χ2v) is 11.2. The van der Waals surface area contributed by atoms with Crippen LogP contribution < -0.4 is 20.2 Å². The molecule has 0 aliphatic heterocycles. The maximum Gasteiger partial charge on any atom is 0.341 e. The zero-order valence-corrected chi connectivity index (χ0v) is 25.4. The topological polar surface area (TPSA) is 115 Å². The molecule has 210 valence electrons. The fourth-order valence-corrected chi connectivity index (χ4v) is 6.42. The maximum absolute atomic E-state index is 12.5. The van der Waals surface area contributed by atoms with Crippen LogP contribution in [0.25, 0.3) is 0 Å². The molecular weight excluding hydrogens is 645 g/mol. The first-order valence-electron chi connectivity index (χ1n) is 12.1. The molecule has 40 heavy (non-hydrogen) atoms. The smallest absolute Gasteiger partial charge is 0.341 e. The molecule has 2 amide bonds. The van der Waals surface area contributed by atoms with Crippen LogP contribution in [0.3, 0.4) is 0 Å². The van der Waals surface area contributed by atoms with E-state index in [2.05, 4.69) is 31.8 Å². The van der Waals surface area contributed by atoms with Gasteiger partial charge in [0, 0.05) is 20.5 Å². The summed E-state index contributed by atoms with van der Waals surface area (Å²) in [4.78, 5) is 38.2. The highest BCUT2D eigenvalue weighted by Gasteiger charge is 2.29. The van der Waals surface area contributed by atoms with Crippen LogP contribution >= 0.6 is 50.5 Å². The number of hydrazone groups is 1. The first-order valence-corrected chi connectivity index (χ1v) is 14.5. The second-order valence-electron chi connectivity index (χ2n) is 8.46. The number of methoxy groups -OCH3 is 1. The van der Waals surface area contributed by atoms with E-state index in [-0.39, 0.29) is 6.61 Å². The van der Waals surface area contributed by atoms with Gasteiger partial charge in [-0.1, -0.05) is 29.3 Å². The van der Waals surface area contributed by atoms with Crippen LogP contribution in [0.1, 0.15) is 45.3 Å². The lowest BCUT2D eigenvalue weighted by Crippen LogP contribution is -2.32. The number of esters is 1. The largest absolute Gasteiger partial charge is 0.490 e. The summed E-state index contributed by atoms with van der Waals surface area (Å²) in [5.41, 5.74) is 4.56. The molecule has 0 fully saturated rings. The van der Waals surface area contributed by atoms with Gasteiger partial charge in [0.2, 0.25) is 0 Å². The Morgan fingerprint density at radius 1 is 1.12 bits per heavy atom. The molecule has 0 radical (unpaired) electrons. The Kier molecular flexibility index (Phi) is 10.1. The van der Waals surface area contributed by atoms with Crippen LogP contribution in [-0.2, 0) is 33.8 Å². The van der Waals surface area contributed by atoms with Gasteiger partial charge < -0.3 is 19.5 Å². The van der Waals surface area contributed by atoms with Gasteiger partial charge in [0.1, 0.15) is 11.6 Å². The summed E-state index contributed by atoms with van der Waals surface area (Å²) >= 11 is 17.3. The van der Waals surface area contributed by atoms with E-state index in [4.69, 9.17) is 37.4 Å². The van der Waals surface area contributed by atoms with Crippen LogP contribution in [0.5, 0.6) is 11.5 Å². The van der Waals surface area contributed by atoms with Gasteiger partial charge in [-0.2, -0.15) is 5.10 Å². The summed E-state index contributed by atoms with van der Waals surface area (Å²) in [6.07, 6.45) is 3.82. The molecule has 0 bridgehead atoms. The Balaban J connectivity index is 1.43. The average Bonchev–Trinajstić information content (AvgIpc) is 3.50. The minimum absolute atomic E-state index is 0.112. The minimum atomic E-state index is -0.999. The molecule has 3 aromatic rings. The Bertz CT molecular complexity index is 1470. The predicted molar refractivity (Wildman–Crippen MR) is 158 cm³/mol. The quantitative estimate of drug-likeness (QED) is 0.122. The summed E-state index contributed by atoms with van der Waals surface area (Å²) < 4.78 is 17.1. The molecule has 1 aliphatic rings. The van der Waals surface area contributed by atoms with Crippen molar-refractivity contribution in [2.24, 2.45) is 5.10 Å². The van der Waals surface area contributed by atoms with Crippen molar-refractivity contribution in [3.8, 4) is 11.5 Å². The molecule has 0 saturated carbocycles. The number of nitrogens with one attached hydrogen (secondary N) is 2. The van der Waals surface area contributed by atoms with Crippen LogP contribution in [0.15, 0.2) is 39.9 Å². The molecular formula is C27H24BrCl2N3O6S. The second kappa shape index (κ2) is 13.5. The van der Waals surface area contributed by atoms with Gasteiger partial charge in [-0.3, -0.25) is 9.59 Å². The number of carbonyl (C=O) groups excluding carboxylic acids is 3. The van der Waals surface area contributed by atoms with Gasteiger partial charge in [0.25, 0.3) is 0 Å². The molecule has 4 rings (SSSR count). The number of hydrogen-bond donors (Lipinski definition) is 2. The lowest BCUT2D eigenvalue weighted by molar-refractivity contribution is -0.136. The van der Waals surface area contributed by atoms with Crippen molar-refractivity contribution in [3.05, 3.63) is 72.0 Å². The van der Waals surface area contributed by atoms with Crippen molar-refractivity contribution in [3.63, 3.8) is 0 Å². The minimum Gasteiger partial charge on any atom is -0.490 e. The number of ether oxygens (including phenoxy) is 3. The molecule has 1 heterocycles. The third-order valence-electron chi connectivity index (χ3n) is 5.88. The summed E-state index contributed by atoms with van der Waals surface area (Å²) in [6, 6.07) is 8.58. The molecule has 13 heteroatoms. The van der Waals surface area contributed by atoms with Gasteiger partial charge in [-0.25, -0.2) is 10.2 Å². The van der Waals surface area contributed by atoms with Gasteiger partial charge in [0.15, 0.2) is 11.5 Å². The van der Waals surface area contributed by atoms with Crippen molar-refractivity contribution < 1.29 is 28.6 Å². The van der Waals surface area contributed by atoms with E-state index in [1.165, 1.54) is 24.7 Å².